The van der Waals surface area contributed by atoms with Gasteiger partial charge in [0.2, 0.25) is 5.78 Å². The molecule has 0 radical (unpaired) electrons. The third-order valence-electron chi connectivity index (χ3n) is 6.21. The van der Waals surface area contributed by atoms with Gasteiger partial charge in [-0.15, -0.1) is 0 Å². The molecule has 0 fully saturated rings. The molecule has 5 rings (SSSR count). The van der Waals surface area contributed by atoms with Crippen LogP contribution in [0.25, 0.3) is 11.3 Å². The maximum Gasteiger partial charge on any atom is 0.310 e. The smallest absolute Gasteiger partial charge is 0.284 e. The van der Waals surface area contributed by atoms with E-state index in [9.17, 15) is 14.4 Å². The molecule has 0 aliphatic rings. The molecule has 0 saturated heterocycles. The monoisotopic (exact) mass is 532 g/mol. The van der Waals surface area contributed by atoms with Crippen molar-refractivity contribution < 1.29 is 14.4 Å². The van der Waals surface area contributed by atoms with E-state index in [2.05, 4.69) is 21.0 Å². The van der Waals surface area contributed by atoms with Crippen LogP contribution in [-0.4, -0.2) is 33.6 Å². The van der Waals surface area contributed by atoms with Crippen molar-refractivity contribution in [1.29, 1.82) is 0 Å². The van der Waals surface area contributed by atoms with Crippen molar-refractivity contribution in [2.75, 3.05) is 0 Å². The van der Waals surface area contributed by atoms with Crippen molar-refractivity contribution in [2.24, 2.45) is 0 Å². The van der Waals surface area contributed by atoms with Crippen LogP contribution in [0.1, 0.15) is 10.5 Å². The lowest BCUT2D eigenvalue weighted by Crippen LogP contribution is -2.46. The van der Waals surface area contributed by atoms with E-state index in [0.717, 1.165) is 21.5 Å². The molecule has 0 unspecified atom stereocenters. The lowest BCUT2D eigenvalue weighted by molar-refractivity contribution is -0.134. The molecular weight excluding hydrogens is 507 g/mol. The molecule has 0 aliphatic heterocycles. The van der Waals surface area contributed by atoms with Crippen molar-refractivity contribution in [3.63, 3.8) is 0 Å². The van der Waals surface area contributed by atoms with Crippen LogP contribution < -0.4 is 26.8 Å². The van der Waals surface area contributed by atoms with Crippen LogP contribution in [0, 0.1) is 0 Å². The van der Waals surface area contributed by atoms with Gasteiger partial charge in [0, 0.05) is 11.4 Å². The summed E-state index contributed by atoms with van der Waals surface area (Å²) in [6.07, 6.45) is 0. The third kappa shape index (κ3) is 5.49. The number of carbonyl (C=O) groups is 3. The van der Waals surface area contributed by atoms with Gasteiger partial charge in [0.05, 0.1) is 5.69 Å². The Morgan fingerprint density at radius 2 is 1.10 bits per heavy atom. The molecule has 0 bridgehead atoms. The minimum atomic E-state index is -2.66. The standard InChI is InChI=1S/C31H25N4O3P/c36-29(31(38)35-34-30(37)28-21-27(32-33-28)23-13-5-1-6-14-23)22-39(24-15-7-2-8-16-24,25-17-9-3-10-18-25)26-19-11-4-12-20-26/h1-22H,(H,32,33)(H,34,37)(H,35,38). The highest BCUT2D eigenvalue weighted by Crippen LogP contribution is 2.43. The number of carbonyl (C=O) groups excluding carboxylic acids is 3. The molecule has 0 atom stereocenters. The maximum absolute atomic E-state index is 13.4. The molecule has 8 heteroatoms. The average Bonchev–Trinajstić information content (AvgIpc) is 3.51. The number of ketones is 1. The highest BCUT2D eigenvalue weighted by molar-refractivity contribution is 7.95. The van der Waals surface area contributed by atoms with E-state index < -0.39 is 24.5 Å². The highest BCUT2D eigenvalue weighted by Gasteiger charge is 2.28. The average molecular weight is 533 g/mol. The van der Waals surface area contributed by atoms with E-state index >= 15 is 0 Å². The first-order valence-corrected chi connectivity index (χ1v) is 14.1. The Bertz CT molecular complexity index is 1550. The number of hydrogen-bond acceptors (Lipinski definition) is 4. The van der Waals surface area contributed by atoms with Gasteiger partial charge in [0.1, 0.15) is 5.69 Å². The largest absolute Gasteiger partial charge is 0.310 e. The number of hydrazine groups is 1. The fourth-order valence-electron chi connectivity index (χ4n) is 4.33. The van der Waals surface area contributed by atoms with Crippen molar-refractivity contribution in [3.05, 3.63) is 133 Å². The number of hydrogen-bond donors (Lipinski definition) is 3. The van der Waals surface area contributed by atoms with Crippen LogP contribution in [0.4, 0.5) is 0 Å². The van der Waals surface area contributed by atoms with Crippen molar-refractivity contribution in [2.45, 2.75) is 0 Å². The summed E-state index contributed by atoms with van der Waals surface area (Å²) in [5.74, 6) is -0.813. The molecule has 7 nitrogen and oxygen atoms in total. The summed E-state index contributed by atoms with van der Waals surface area (Å²) in [5, 5.41) is 9.60. The second-order valence-electron chi connectivity index (χ2n) is 8.66. The minimum absolute atomic E-state index is 0.144. The predicted molar refractivity (Wildman–Crippen MR) is 156 cm³/mol. The van der Waals surface area contributed by atoms with E-state index in [1.54, 1.807) is 6.07 Å². The zero-order valence-electron chi connectivity index (χ0n) is 20.8. The van der Waals surface area contributed by atoms with Crippen LogP contribution >= 0.6 is 6.89 Å². The molecule has 5 aromatic rings. The van der Waals surface area contributed by atoms with Gasteiger partial charge in [0.15, 0.2) is 0 Å². The number of aromatic nitrogens is 2. The van der Waals surface area contributed by atoms with Crippen molar-refractivity contribution >= 4 is 46.2 Å². The molecule has 0 spiro atoms. The second-order valence-corrected chi connectivity index (χ2v) is 11.9. The van der Waals surface area contributed by atoms with Crippen molar-refractivity contribution in [1.82, 2.24) is 21.0 Å². The third-order valence-corrected chi connectivity index (χ3v) is 10.2. The Morgan fingerprint density at radius 3 is 1.59 bits per heavy atom. The summed E-state index contributed by atoms with van der Waals surface area (Å²) in [7, 11) is 0. The van der Waals surface area contributed by atoms with Crippen LogP contribution in [-0.2, 0) is 9.59 Å². The highest BCUT2D eigenvalue weighted by atomic mass is 31.2. The molecule has 2 amide bonds. The van der Waals surface area contributed by atoms with Crippen molar-refractivity contribution in [3.8, 4) is 11.3 Å². The molecule has 1 aromatic heterocycles. The number of nitrogens with zero attached hydrogens (tertiary/aromatic N) is 1. The first-order valence-electron chi connectivity index (χ1n) is 12.2. The molecule has 39 heavy (non-hydrogen) atoms. The van der Waals surface area contributed by atoms with Gasteiger partial charge >= 0.3 is 5.91 Å². The summed E-state index contributed by atoms with van der Waals surface area (Å²) < 4.78 is 0. The van der Waals surface area contributed by atoms with Gasteiger partial charge < -0.3 is 0 Å². The minimum Gasteiger partial charge on any atom is -0.284 e. The Hall–Kier alpha value is -5.00. The van der Waals surface area contributed by atoms with Gasteiger partial charge in [0.25, 0.3) is 5.91 Å². The summed E-state index contributed by atoms with van der Waals surface area (Å²) >= 11 is 0. The molecular formula is C31H25N4O3P. The first-order chi connectivity index (χ1) is 19.1. The van der Waals surface area contributed by atoms with E-state index in [1.165, 1.54) is 5.80 Å². The lowest BCUT2D eigenvalue weighted by atomic mass is 10.1. The van der Waals surface area contributed by atoms with Crippen LogP contribution in [0.15, 0.2) is 127 Å². The van der Waals surface area contributed by atoms with Gasteiger partial charge in [-0.2, -0.15) is 5.10 Å². The number of nitrogens with one attached hydrogen (secondary N) is 3. The van der Waals surface area contributed by atoms with Gasteiger partial charge in [-0.3, -0.25) is 30.3 Å². The topological polar surface area (TPSA) is 104 Å². The van der Waals surface area contributed by atoms with Gasteiger partial charge in [-0.05, 0) is 28.9 Å². The van der Waals surface area contributed by atoms with Gasteiger partial charge in [-0.1, -0.05) is 121 Å². The Kier molecular flexibility index (Phi) is 7.62. The normalized spacial score (nSPS) is 10.9. The number of Topliss-reactive ketones (excluding diaryl/α,β-unsaturated/α-hetero) is 1. The molecule has 1 heterocycles. The number of H-pyrrole nitrogens is 1. The number of benzene rings is 4. The first kappa shape index (κ1) is 25.6. The quantitative estimate of drug-likeness (QED) is 0.170. The maximum atomic E-state index is 13.4. The van der Waals surface area contributed by atoms with Crippen LogP contribution in [0.2, 0.25) is 0 Å². The second kappa shape index (κ2) is 11.6. The Morgan fingerprint density at radius 1 is 0.641 bits per heavy atom. The van der Waals surface area contributed by atoms with Crippen LogP contribution in [0.3, 0.4) is 0 Å². The summed E-state index contributed by atoms with van der Waals surface area (Å²) in [4.78, 5) is 39.0. The summed E-state index contributed by atoms with van der Waals surface area (Å²) in [6.45, 7) is -2.66. The van der Waals surface area contributed by atoms with E-state index in [1.807, 2.05) is 121 Å². The molecule has 192 valence electrons. The zero-order chi connectivity index (χ0) is 27.1. The number of amides is 2. The predicted octanol–water partition coefficient (Wildman–Crippen LogP) is 3.20. The molecule has 0 saturated carbocycles. The number of aromatic amines is 1. The van der Waals surface area contributed by atoms with Gasteiger partial charge in [-0.25, -0.2) is 0 Å². The lowest BCUT2D eigenvalue weighted by Gasteiger charge is -2.28. The van der Waals surface area contributed by atoms with E-state index in [0.29, 0.717) is 5.69 Å². The zero-order valence-corrected chi connectivity index (χ0v) is 21.7. The molecule has 4 aromatic carbocycles. The molecule has 3 N–H and O–H groups in total. The number of rotatable bonds is 7. The molecule has 0 aliphatic carbocycles. The van der Waals surface area contributed by atoms with E-state index in [-0.39, 0.29) is 5.69 Å². The summed E-state index contributed by atoms with van der Waals surface area (Å²) in [6, 6.07) is 40.0. The SMILES string of the molecule is O=C(C=P(c1ccccc1)(c1ccccc1)c1ccccc1)C(=O)NNC(=O)c1cc(-c2ccccc2)n[nH]1. The summed E-state index contributed by atoms with van der Waals surface area (Å²) in [5.41, 5.74) is 6.13. The van der Waals surface area contributed by atoms with Crippen LogP contribution in [0.5, 0.6) is 0 Å². The van der Waals surface area contributed by atoms with E-state index in [4.69, 9.17) is 0 Å². The fraction of sp³-hybridized carbons (Fsp3) is 0. The fourth-order valence-corrected chi connectivity index (χ4v) is 8.07. The Balaban J connectivity index is 1.44. The Labute approximate surface area is 225 Å².